The zero-order chi connectivity index (χ0) is 14.7. The van der Waals surface area contributed by atoms with E-state index in [1.165, 1.54) is 36.7 Å². The van der Waals surface area contributed by atoms with E-state index in [-0.39, 0.29) is 22.0 Å². The summed E-state index contributed by atoms with van der Waals surface area (Å²) in [4.78, 5) is 25.5. The lowest BCUT2D eigenvalue weighted by molar-refractivity contribution is -0.384. The number of rotatable bonds is 3. The highest BCUT2D eigenvalue weighted by atomic mass is 35.5. The molecule has 0 saturated heterocycles. The van der Waals surface area contributed by atoms with Gasteiger partial charge in [-0.1, -0.05) is 11.6 Å². The van der Waals surface area contributed by atoms with Gasteiger partial charge in [-0.2, -0.15) is 0 Å². The number of hydrogen-bond acceptors (Lipinski definition) is 5. The number of nitrogens with zero attached hydrogens (tertiary/aromatic N) is 2. The van der Waals surface area contributed by atoms with Crippen LogP contribution in [0.5, 0.6) is 5.75 Å². The number of anilines is 1. The van der Waals surface area contributed by atoms with Crippen LogP contribution in [0.1, 0.15) is 10.4 Å². The number of aromatic nitrogens is 1. The predicted octanol–water partition coefficient (Wildman–Crippen LogP) is 2.60. The first-order chi connectivity index (χ1) is 9.47. The Bertz CT molecular complexity index is 690. The van der Waals surface area contributed by atoms with Crippen molar-refractivity contribution in [1.29, 1.82) is 0 Å². The van der Waals surface area contributed by atoms with E-state index in [0.717, 1.165) is 0 Å². The summed E-state index contributed by atoms with van der Waals surface area (Å²) >= 11 is 5.73. The van der Waals surface area contributed by atoms with Crippen LogP contribution >= 0.6 is 11.6 Å². The van der Waals surface area contributed by atoms with Crippen molar-refractivity contribution in [2.75, 3.05) is 5.32 Å². The lowest BCUT2D eigenvalue weighted by Crippen LogP contribution is -2.12. The van der Waals surface area contributed by atoms with E-state index in [2.05, 4.69) is 10.3 Å². The Labute approximate surface area is 118 Å². The minimum atomic E-state index is -0.618. The van der Waals surface area contributed by atoms with Gasteiger partial charge in [-0.3, -0.25) is 19.9 Å². The SMILES string of the molecule is O=C(Nc1ccc([N+](=O)[O-])c(Cl)c1)c1cncc(O)c1. The zero-order valence-corrected chi connectivity index (χ0v) is 10.7. The Morgan fingerprint density at radius 2 is 2.10 bits per heavy atom. The lowest BCUT2D eigenvalue weighted by atomic mass is 10.2. The highest BCUT2D eigenvalue weighted by Gasteiger charge is 2.14. The molecule has 1 aromatic heterocycles. The fourth-order valence-corrected chi connectivity index (χ4v) is 1.74. The largest absolute Gasteiger partial charge is 0.506 e. The summed E-state index contributed by atoms with van der Waals surface area (Å²) in [6.45, 7) is 0. The third-order valence-electron chi connectivity index (χ3n) is 2.39. The number of nitrogens with one attached hydrogen (secondary N) is 1. The number of carbonyl (C=O) groups is 1. The molecule has 0 aliphatic heterocycles. The van der Waals surface area contributed by atoms with Crippen LogP contribution in [0.3, 0.4) is 0 Å². The number of hydrogen-bond donors (Lipinski definition) is 2. The van der Waals surface area contributed by atoms with Crippen LogP contribution in [-0.4, -0.2) is 20.9 Å². The van der Waals surface area contributed by atoms with Crippen molar-refractivity contribution in [2.45, 2.75) is 0 Å². The molecule has 0 atom stereocenters. The fraction of sp³-hybridized carbons (Fsp3) is 0. The monoisotopic (exact) mass is 293 g/mol. The molecule has 1 heterocycles. The number of nitro benzene ring substituents is 1. The highest BCUT2D eigenvalue weighted by molar-refractivity contribution is 6.33. The first kappa shape index (κ1) is 13.8. The smallest absolute Gasteiger partial charge is 0.288 e. The zero-order valence-electron chi connectivity index (χ0n) is 9.91. The van der Waals surface area contributed by atoms with Crippen molar-refractivity contribution < 1.29 is 14.8 Å². The molecule has 7 nitrogen and oxygen atoms in total. The number of nitro groups is 1. The van der Waals surface area contributed by atoms with Crippen molar-refractivity contribution in [3.05, 3.63) is 57.4 Å². The van der Waals surface area contributed by atoms with Crippen LogP contribution in [0.25, 0.3) is 0 Å². The molecular formula is C12H8ClN3O4. The van der Waals surface area contributed by atoms with E-state index in [0.29, 0.717) is 5.69 Å². The lowest BCUT2D eigenvalue weighted by Gasteiger charge is -2.05. The molecule has 2 aromatic rings. The number of carbonyl (C=O) groups excluding carboxylic acids is 1. The van der Waals surface area contributed by atoms with E-state index in [1.54, 1.807) is 0 Å². The van der Waals surface area contributed by atoms with Crippen molar-refractivity contribution >= 4 is 28.9 Å². The molecule has 0 saturated carbocycles. The number of amides is 1. The van der Waals surface area contributed by atoms with E-state index in [4.69, 9.17) is 11.6 Å². The second kappa shape index (κ2) is 5.54. The summed E-state index contributed by atoms with van der Waals surface area (Å²) in [6, 6.07) is 5.07. The molecule has 0 radical (unpaired) electrons. The number of halogens is 1. The molecule has 1 aromatic carbocycles. The molecular weight excluding hydrogens is 286 g/mol. The molecule has 0 unspecified atom stereocenters. The highest BCUT2D eigenvalue weighted by Crippen LogP contribution is 2.27. The fourth-order valence-electron chi connectivity index (χ4n) is 1.49. The van der Waals surface area contributed by atoms with Gasteiger partial charge in [0.15, 0.2) is 0 Å². The van der Waals surface area contributed by atoms with Gasteiger partial charge in [-0.25, -0.2) is 0 Å². The molecule has 2 rings (SSSR count). The quantitative estimate of drug-likeness (QED) is 0.668. The second-order valence-electron chi connectivity index (χ2n) is 3.81. The minimum absolute atomic E-state index is 0.0816. The predicted molar refractivity (Wildman–Crippen MR) is 72.0 cm³/mol. The molecule has 0 bridgehead atoms. The molecule has 8 heteroatoms. The maximum absolute atomic E-state index is 11.9. The van der Waals surface area contributed by atoms with Crippen LogP contribution < -0.4 is 5.32 Å². The average Bonchev–Trinajstić information content (AvgIpc) is 2.38. The molecule has 0 spiro atoms. The topological polar surface area (TPSA) is 105 Å². The Balaban J connectivity index is 2.20. The van der Waals surface area contributed by atoms with Gasteiger partial charge in [-0.15, -0.1) is 0 Å². The van der Waals surface area contributed by atoms with E-state index < -0.39 is 10.8 Å². The summed E-state index contributed by atoms with van der Waals surface area (Å²) < 4.78 is 0. The second-order valence-corrected chi connectivity index (χ2v) is 4.22. The molecule has 0 fully saturated rings. The van der Waals surface area contributed by atoms with Crippen LogP contribution in [0, 0.1) is 10.1 Å². The van der Waals surface area contributed by atoms with Gasteiger partial charge < -0.3 is 10.4 Å². The van der Waals surface area contributed by atoms with Gasteiger partial charge in [0.1, 0.15) is 10.8 Å². The molecule has 1 amide bonds. The first-order valence-corrected chi connectivity index (χ1v) is 5.74. The van der Waals surface area contributed by atoms with Crippen LogP contribution in [0.4, 0.5) is 11.4 Å². The summed E-state index contributed by atoms with van der Waals surface area (Å²) in [5.74, 6) is -0.655. The van der Waals surface area contributed by atoms with Crippen molar-refractivity contribution in [3.63, 3.8) is 0 Å². The third-order valence-corrected chi connectivity index (χ3v) is 2.69. The third kappa shape index (κ3) is 3.01. The Kier molecular flexibility index (Phi) is 3.81. The molecule has 2 N–H and O–H groups in total. The number of benzene rings is 1. The molecule has 102 valence electrons. The summed E-state index contributed by atoms with van der Waals surface area (Å²) in [5, 5.41) is 22.3. The minimum Gasteiger partial charge on any atom is -0.506 e. The van der Waals surface area contributed by atoms with E-state index in [1.807, 2.05) is 0 Å². The molecule has 20 heavy (non-hydrogen) atoms. The van der Waals surface area contributed by atoms with Crippen molar-refractivity contribution in [2.24, 2.45) is 0 Å². The van der Waals surface area contributed by atoms with Crippen molar-refractivity contribution in [1.82, 2.24) is 4.98 Å². The normalized spacial score (nSPS) is 10.1. The van der Waals surface area contributed by atoms with Gasteiger partial charge in [0.05, 0.1) is 16.7 Å². The number of pyridine rings is 1. The van der Waals surface area contributed by atoms with Gasteiger partial charge in [0, 0.05) is 18.0 Å². The van der Waals surface area contributed by atoms with Crippen LogP contribution in [-0.2, 0) is 0 Å². The summed E-state index contributed by atoms with van der Waals surface area (Å²) in [6.07, 6.45) is 2.47. The number of aromatic hydroxyl groups is 1. The maximum Gasteiger partial charge on any atom is 0.288 e. The maximum atomic E-state index is 11.9. The van der Waals surface area contributed by atoms with E-state index in [9.17, 15) is 20.0 Å². The van der Waals surface area contributed by atoms with Crippen LogP contribution in [0.15, 0.2) is 36.7 Å². The summed E-state index contributed by atoms with van der Waals surface area (Å²) in [5.41, 5.74) is 0.206. The Morgan fingerprint density at radius 1 is 1.35 bits per heavy atom. The van der Waals surface area contributed by atoms with E-state index >= 15 is 0 Å². The van der Waals surface area contributed by atoms with Gasteiger partial charge in [0.2, 0.25) is 0 Å². The first-order valence-electron chi connectivity index (χ1n) is 5.36. The standard InChI is InChI=1S/C12H8ClN3O4/c13-10-4-8(1-2-11(10)16(19)20)15-12(18)7-3-9(17)6-14-5-7/h1-6,17H,(H,15,18). The Morgan fingerprint density at radius 3 is 2.70 bits per heavy atom. The summed E-state index contributed by atoms with van der Waals surface area (Å²) in [7, 11) is 0. The Hall–Kier alpha value is -2.67. The average molecular weight is 294 g/mol. The van der Waals surface area contributed by atoms with Gasteiger partial charge in [-0.05, 0) is 18.2 Å². The van der Waals surface area contributed by atoms with Gasteiger partial charge in [0.25, 0.3) is 11.6 Å². The molecule has 0 aliphatic rings. The molecule has 0 aliphatic carbocycles. The van der Waals surface area contributed by atoms with Gasteiger partial charge >= 0.3 is 0 Å². The van der Waals surface area contributed by atoms with Crippen molar-refractivity contribution in [3.8, 4) is 5.75 Å². The van der Waals surface area contributed by atoms with Crippen LogP contribution in [0.2, 0.25) is 5.02 Å².